The first-order valence-corrected chi connectivity index (χ1v) is 5.19. The van der Waals surface area contributed by atoms with Gasteiger partial charge in [-0.3, -0.25) is 4.79 Å². The second-order valence-electron chi connectivity index (χ2n) is 3.76. The summed E-state index contributed by atoms with van der Waals surface area (Å²) < 4.78 is 5.12. The molecule has 1 fully saturated rings. The van der Waals surface area contributed by atoms with Crippen LogP contribution in [0.1, 0.15) is 35.6 Å². The molecule has 1 saturated carbocycles. The standard InChI is InChI=1S/C10H15N3O2/c1-11-5-9-13-8(6-15-9)10(14)12-7-3-2-4-7/h6-7,11H,2-5H2,1H3,(H,12,14). The molecule has 0 atom stereocenters. The lowest BCUT2D eigenvalue weighted by Gasteiger charge is -2.25. The first-order chi connectivity index (χ1) is 7.29. The quantitative estimate of drug-likeness (QED) is 0.765. The summed E-state index contributed by atoms with van der Waals surface area (Å²) >= 11 is 0. The van der Waals surface area contributed by atoms with Gasteiger partial charge in [-0.15, -0.1) is 0 Å². The van der Waals surface area contributed by atoms with Crippen molar-refractivity contribution in [1.82, 2.24) is 15.6 Å². The highest BCUT2D eigenvalue weighted by molar-refractivity contribution is 5.92. The maximum absolute atomic E-state index is 11.6. The van der Waals surface area contributed by atoms with Gasteiger partial charge >= 0.3 is 0 Å². The van der Waals surface area contributed by atoms with E-state index in [2.05, 4.69) is 15.6 Å². The van der Waals surface area contributed by atoms with Crippen LogP contribution in [0.15, 0.2) is 10.7 Å². The zero-order valence-corrected chi connectivity index (χ0v) is 8.75. The zero-order chi connectivity index (χ0) is 10.7. The summed E-state index contributed by atoms with van der Waals surface area (Å²) in [6, 6.07) is 0.335. The van der Waals surface area contributed by atoms with Crippen molar-refractivity contribution in [2.24, 2.45) is 0 Å². The molecule has 82 valence electrons. The minimum Gasteiger partial charge on any atom is -0.447 e. The van der Waals surface area contributed by atoms with E-state index in [0.29, 0.717) is 24.2 Å². The first-order valence-electron chi connectivity index (χ1n) is 5.19. The van der Waals surface area contributed by atoms with Gasteiger partial charge in [-0.2, -0.15) is 0 Å². The molecule has 2 N–H and O–H groups in total. The van der Waals surface area contributed by atoms with E-state index < -0.39 is 0 Å². The SMILES string of the molecule is CNCc1nc(C(=O)NC2CCC2)co1. The summed E-state index contributed by atoms with van der Waals surface area (Å²) in [5.41, 5.74) is 0.368. The van der Waals surface area contributed by atoms with Crippen LogP contribution in [0.4, 0.5) is 0 Å². The van der Waals surface area contributed by atoms with Crippen LogP contribution in [0, 0.1) is 0 Å². The van der Waals surface area contributed by atoms with Crippen molar-refractivity contribution in [3.05, 3.63) is 17.8 Å². The van der Waals surface area contributed by atoms with E-state index in [1.165, 1.54) is 12.7 Å². The van der Waals surface area contributed by atoms with E-state index in [-0.39, 0.29) is 5.91 Å². The minimum atomic E-state index is -0.134. The number of hydrogen-bond acceptors (Lipinski definition) is 4. The van der Waals surface area contributed by atoms with Gasteiger partial charge in [0.1, 0.15) is 6.26 Å². The first kappa shape index (κ1) is 10.2. The molecule has 5 heteroatoms. The number of amides is 1. The molecule has 1 aromatic heterocycles. The summed E-state index contributed by atoms with van der Waals surface area (Å²) in [4.78, 5) is 15.7. The van der Waals surface area contributed by atoms with Crippen LogP contribution in [0.25, 0.3) is 0 Å². The maximum Gasteiger partial charge on any atom is 0.273 e. The number of nitrogens with one attached hydrogen (secondary N) is 2. The van der Waals surface area contributed by atoms with Crippen molar-refractivity contribution in [3.8, 4) is 0 Å². The van der Waals surface area contributed by atoms with Crippen LogP contribution in [0.5, 0.6) is 0 Å². The molecule has 0 bridgehead atoms. The van der Waals surface area contributed by atoms with E-state index in [0.717, 1.165) is 12.8 Å². The Balaban J connectivity index is 1.92. The van der Waals surface area contributed by atoms with Gasteiger partial charge < -0.3 is 15.1 Å². The lowest BCUT2D eigenvalue weighted by atomic mass is 9.93. The Kier molecular flexibility index (Phi) is 3.01. The molecule has 0 aromatic carbocycles. The molecule has 0 aliphatic heterocycles. The average Bonchev–Trinajstić information content (AvgIpc) is 2.60. The lowest BCUT2D eigenvalue weighted by molar-refractivity contribution is 0.0912. The highest BCUT2D eigenvalue weighted by Gasteiger charge is 2.21. The van der Waals surface area contributed by atoms with Crippen LogP contribution < -0.4 is 10.6 Å². The number of carbonyl (C=O) groups is 1. The second kappa shape index (κ2) is 4.44. The molecule has 1 amide bonds. The summed E-state index contributed by atoms with van der Waals surface area (Å²) in [7, 11) is 1.80. The minimum absolute atomic E-state index is 0.134. The average molecular weight is 209 g/mol. The van der Waals surface area contributed by atoms with Gasteiger partial charge in [-0.1, -0.05) is 0 Å². The van der Waals surface area contributed by atoms with Crippen molar-refractivity contribution < 1.29 is 9.21 Å². The van der Waals surface area contributed by atoms with Crippen molar-refractivity contribution in [1.29, 1.82) is 0 Å². The maximum atomic E-state index is 11.6. The van der Waals surface area contributed by atoms with E-state index in [1.54, 1.807) is 7.05 Å². The van der Waals surface area contributed by atoms with Gasteiger partial charge in [-0.25, -0.2) is 4.98 Å². The number of oxazole rings is 1. The fraction of sp³-hybridized carbons (Fsp3) is 0.600. The molecule has 5 nitrogen and oxygen atoms in total. The topological polar surface area (TPSA) is 67.2 Å². The molecule has 0 unspecified atom stereocenters. The third-order valence-corrected chi connectivity index (χ3v) is 2.55. The summed E-state index contributed by atoms with van der Waals surface area (Å²) in [6.07, 6.45) is 4.76. The zero-order valence-electron chi connectivity index (χ0n) is 8.75. The van der Waals surface area contributed by atoms with Gasteiger partial charge in [-0.05, 0) is 26.3 Å². The fourth-order valence-electron chi connectivity index (χ4n) is 1.46. The third kappa shape index (κ3) is 2.36. The van der Waals surface area contributed by atoms with E-state index in [9.17, 15) is 4.79 Å². The smallest absolute Gasteiger partial charge is 0.273 e. The van der Waals surface area contributed by atoms with Crippen LogP contribution in [0.3, 0.4) is 0 Å². The van der Waals surface area contributed by atoms with Gasteiger partial charge in [0, 0.05) is 6.04 Å². The van der Waals surface area contributed by atoms with Crippen molar-refractivity contribution in [2.45, 2.75) is 31.8 Å². The Hall–Kier alpha value is -1.36. The third-order valence-electron chi connectivity index (χ3n) is 2.55. The van der Waals surface area contributed by atoms with Crippen LogP contribution >= 0.6 is 0 Å². The number of rotatable bonds is 4. The van der Waals surface area contributed by atoms with E-state index >= 15 is 0 Å². The molecule has 1 heterocycles. The molecule has 0 radical (unpaired) electrons. The van der Waals surface area contributed by atoms with Gasteiger partial charge in [0.2, 0.25) is 5.89 Å². The van der Waals surface area contributed by atoms with E-state index in [4.69, 9.17) is 4.42 Å². The molecular weight excluding hydrogens is 194 g/mol. The van der Waals surface area contributed by atoms with Crippen LogP contribution in [-0.4, -0.2) is 24.0 Å². The number of aromatic nitrogens is 1. The Morgan fingerprint density at radius 3 is 3.07 bits per heavy atom. The fourth-order valence-corrected chi connectivity index (χ4v) is 1.46. The molecule has 1 aliphatic carbocycles. The van der Waals surface area contributed by atoms with Crippen LogP contribution in [-0.2, 0) is 6.54 Å². The highest BCUT2D eigenvalue weighted by Crippen LogP contribution is 2.18. The predicted octanol–water partition coefficient (Wildman–Crippen LogP) is 0.676. The second-order valence-corrected chi connectivity index (χ2v) is 3.76. The van der Waals surface area contributed by atoms with Crippen LogP contribution in [0.2, 0.25) is 0 Å². The summed E-state index contributed by atoms with van der Waals surface area (Å²) in [5, 5.41) is 5.82. The molecular formula is C10H15N3O2. The van der Waals surface area contributed by atoms with Gasteiger partial charge in [0.05, 0.1) is 6.54 Å². The molecule has 1 aliphatic rings. The number of carbonyl (C=O) groups excluding carboxylic acids is 1. The normalized spacial score (nSPS) is 16.1. The van der Waals surface area contributed by atoms with Gasteiger partial charge in [0.25, 0.3) is 5.91 Å². The van der Waals surface area contributed by atoms with Crippen molar-refractivity contribution in [3.63, 3.8) is 0 Å². The lowest BCUT2D eigenvalue weighted by Crippen LogP contribution is -2.39. The largest absolute Gasteiger partial charge is 0.447 e. The van der Waals surface area contributed by atoms with Crippen molar-refractivity contribution >= 4 is 5.91 Å². The van der Waals surface area contributed by atoms with Crippen molar-refractivity contribution in [2.75, 3.05) is 7.05 Å². The Morgan fingerprint density at radius 1 is 1.67 bits per heavy atom. The molecule has 2 rings (SSSR count). The molecule has 0 spiro atoms. The van der Waals surface area contributed by atoms with Gasteiger partial charge in [0.15, 0.2) is 5.69 Å². The monoisotopic (exact) mass is 209 g/mol. The summed E-state index contributed by atoms with van der Waals surface area (Å²) in [5.74, 6) is 0.405. The number of nitrogens with zero attached hydrogens (tertiary/aromatic N) is 1. The Morgan fingerprint density at radius 2 is 2.47 bits per heavy atom. The highest BCUT2D eigenvalue weighted by atomic mass is 16.3. The molecule has 1 aromatic rings. The molecule has 0 saturated heterocycles. The predicted molar refractivity (Wildman–Crippen MR) is 54.4 cm³/mol. The Bertz CT molecular complexity index is 344. The number of hydrogen-bond donors (Lipinski definition) is 2. The van der Waals surface area contributed by atoms with E-state index in [1.807, 2.05) is 0 Å². The summed E-state index contributed by atoms with van der Waals surface area (Å²) in [6.45, 7) is 0.538. The Labute approximate surface area is 88.3 Å². The molecule has 15 heavy (non-hydrogen) atoms.